The van der Waals surface area contributed by atoms with Crippen LogP contribution in [0, 0.1) is 38.5 Å². The predicted octanol–water partition coefficient (Wildman–Crippen LogP) is 8.97. The van der Waals surface area contributed by atoms with Crippen LogP contribution in [0.3, 0.4) is 0 Å². The Labute approximate surface area is 261 Å². The number of ether oxygens (including phenoxy) is 2. The van der Waals surface area contributed by atoms with Gasteiger partial charge in [0.1, 0.15) is 17.1 Å². The van der Waals surface area contributed by atoms with Gasteiger partial charge in [-0.05, 0) is 94.2 Å². The molecule has 1 aromatic rings. The van der Waals surface area contributed by atoms with Gasteiger partial charge in [0.15, 0.2) is 0 Å². The van der Waals surface area contributed by atoms with Crippen LogP contribution in [0.4, 0.5) is 0 Å². The maximum absolute atomic E-state index is 12.7. The van der Waals surface area contributed by atoms with E-state index in [0.29, 0.717) is 25.1 Å². The molecule has 2 amide bonds. The van der Waals surface area contributed by atoms with Crippen LogP contribution in [0.2, 0.25) is 0 Å². The Morgan fingerprint density at radius 2 is 1.49 bits per heavy atom. The van der Waals surface area contributed by atoms with E-state index < -0.39 is 5.97 Å². The Morgan fingerprint density at radius 1 is 0.860 bits per heavy atom. The van der Waals surface area contributed by atoms with Crippen LogP contribution in [0.25, 0.3) is 0 Å². The average molecular weight is 598 g/mol. The van der Waals surface area contributed by atoms with Crippen molar-refractivity contribution in [3.63, 3.8) is 0 Å². The molecule has 242 valence electrons. The van der Waals surface area contributed by atoms with E-state index in [-0.39, 0.29) is 30.3 Å². The van der Waals surface area contributed by atoms with Gasteiger partial charge in [-0.25, -0.2) is 0 Å². The summed E-state index contributed by atoms with van der Waals surface area (Å²) in [5.74, 6) is 3.06. The average Bonchev–Trinajstić information content (AvgIpc) is 3.38. The number of hydrogen-bond donors (Lipinski definition) is 0. The summed E-state index contributed by atoms with van der Waals surface area (Å²) < 4.78 is 12.6. The van der Waals surface area contributed by atoms with E-state index in [4.69, 9.17) is 9.47 Å². The van der Waals surface area contributed by atoms with Crippen molar-refractivity contribution in [2.24, 2.45) is 17.8 Å². The Balaban J connectivity index is 1.48. The van der Waals surface area contributed by atoms with Crippen molar-refractivity contribution >= 4 is 17.8 Å². The van der Waals surface area contributed by atoms with Gasteiger partial charge in [0, 0.05) is 24.9 Å². The molecule has 0 aromatic heterocycles. The smallest absolute Gasteiger partial charge is 0.311 e. The minimum Gasteiger partial charge on any atom is -0.487 e. The number of benzene rings is 1. The second-order valence-corrected chi connectivity index (χ2v) is 14.4. The van der Waals surface area contributed by atoms with Gasteiger partial charge in [-0.15, -0.1) is 0 Å². The van der Waals surface area contributed by atoms with Crippen LogP contribution in [-0.2, 0) is 20.8 Å². The van der Waals surface area contributed by atoms with Crippen molar-refractivity contribution in [3.8, 4) is 11.5 Å². The van der Waals surface area contributed by atoms with E-state index in [1.54, 1.807) is 0 Å². The number of hydrogen-bond acceptors (Lipinski definition) is 5. The molecule has 0 bridgehead atoms. The zero-order valence-corrected chi connectivity index (χ0v) is 28.5. The molecule has 2 heterocycles. The number of rotatable bonds is 16. The molecule has 43 heavy (non-hydrogen) atoms. The lowest BCUT2D eigenvalue weighted by molar-refractivity contribution is -0.144. The van der Waals surface area contributed by atoms with Gasteiger partial charge in [-0.2, -0.15) is 0 Å². The minimum atomic E-state index is -0.443. The summed E-state index contributed by atoms with van der Waals surface area (Å²) in [5, 5.41) is 0. The first-order valence-electron chi connectivity index (χ1n) is 17.2. The molecule has 2 aliphatic heterocycles. The minimum absolute atomic E-state index is 0.00968. The van der Waals surface area contributed by atoms with Crippen molar-refractivity contribution in [1.82, 2.24) is 4.90 Å². The lowest BCUT2D eigenvalue weighted by Crippen LogP contribution is -2.37. The molecule has 0 N–H and O–H groups in total. The van der Waals surface area contributed by atoms with Crippen LogP contribution in [0.1, 0.15) is 147 Å². The van der Waals surface area contributed by atoms with Gasteiger partial charge in [0.05, 0.1) is 6.42 Å². The number of amides is 2. The maximum atomic E-state index is 12.7. The highest BCUT2D eigenvalue weighted by Crippen LogP contribution is 2.45. The molecule has 1 fully saturated rings. The van der Waals surface area contributed by atoms with Crippen LogP contribution in [0.5, 0.6) is 11.5 Å². The molecule has 3 atom stereocenters. The van der Waals surface area contributed by atoms with E-state index in [1.807, 2.05) is 20.8 Å². The normalized spacial score (nSPS) is 19.7. The van der Waals surface area contributed by atoms with E-state index in [1.165, 1.54) is 56.3 Å². The molecule has 0 saturated carbocycles. The molecule has 3 unspecified atom stereocenters. The van der Waals surface area contributed by atoms with Crippen molar-refractivity contribution in [2.45, 2.75) is 157 Å². The molecule has 2 aliphatic rings. The van der Waals surface area contributed by atoms with Crippen LogP contribution in [-0.4, -0.2) is 34.8 Å². The van der Waals surface area contributed by atoms with Crippen LogP contribution < -0.4 is 9.47 Å². The molecule has 0 aliphatic carbocycles. The Kier molecular flexibility index (Phi) is 13.1. The summed E-state index contributed by atoms with van der Waals surface area (Å²) in [5.41, 5.74) is 3.80. The molecule has 1 saturated heterocycles. The summed E-state index contributed by atoms with van der Waals surface area (Å²) in [6, 6.07) is 0. The second kappa shape index (κ2) is 16.1. The molecule has 6 heteroatoms. The SMILES string of the molecule is Cc1c(C)c2c(c(C)c1OC(=O)CCC(=O)N1CCCC1=O)CCC(C)(CCCC(C)CCCC(C)CCCC(C)C)O2. The lowest BCUT2D eigenvalue weighted by atomic mass is 9.83. The van der Waals surface area contributed by atoms with Gasteiger partial charge in [-0.1, -0.05) is 72.6 Å². The summed E-state index contributed by atoms with van der Waals surface area (Å²) in [6.45, 7) is 18.2. The molecular formula is C37H59NO5. The highest BCUT2D eigenvalue weighted by molar-refractivity contribution is 5.97. The quantitative estimate of drug-likeness (QED) is 0.140. The molecular weight excluding hydrogens is 538 g/mol. The third kappa shape index (κ3) is 10.1. The van der Waals surface area contributed by atoms with Crippen LogP contribution in [0.15, 0.2) is 0 Å². The van der Waals surface area contributed by atoms with Gasteiger partial charge < -0.3 is 9.47 Å². The largest absolute Gasteiger partial charge is 0.487 e. The number of carbonyl (C=O) groups excluding carboxylic acids is 3. The van der Waals surface area contributed by atoms with Gasteiger partial charge >= 0.3 is 5.97 Å². The standard InChI is InChI=1S/C37H59NO5/c1-25(2)13-9-14-26(3)15-10-16-27(4)17-11-22-37(8)23-21-31-30(7)35(28(5)29(6)36(31)43-37)42-34(41)20-19-33(40)38-24-12-18-32(38)39/h25-27H,9-24H2,1-8H3. The number of likely N-dealkylation sites (tertiary alicyclic amines) is 1. The predicted molar refractivity (Wildman–Crippen MR) is 174 cm³/mol. The summed E-state index contributed by atoms with van der Waals surface area (Å²) in [4.78, 5) is 38.2. The number of nitrogens with zero attached hydrogens (tertiary/aromatic N) is 1. The lowest BCUT2D eigenvalue weighted by Gasteiger charge is -2.38. The zero-order chi connectivity index (χ0) is 31.7. The van der Waals surface area contributed by atoms with Gasteiger partial charge in [0.25, 0.3) is 0 Å². The third-order valence-corrected chi connectivity index (χ3v) is 9.97. The fourth-order valence-electron chi connectivity index (χ4n) is 6.83. The fraction of sp³-hybridized carbons (Fsp3) is 0.757. The topological polar surface area (TPSA) is 72.9 Å². The van der Waals surface area contributed by atoms with E-state index in [9.17, 15) is 14.4 Å². The first kappa shape index (κ1) is 35.1. The first-order chi connectivity index (χ1) is 20.3. The first-order valence-corrected chi connectivity index (χ1v) is 17.2. The Morgan fingerprint density at radius 3 is 2.09 bits per heavy atom. The van der Waals surface area contributed by atoms with Crippen molar-refractivity contribution < 1.29 is 23.9 Å². The molecule has 0 spiro atoms. The summed E-state index contributed by atoms with van der Waals surface area (Å²) >= 11 is 0. The molecule has 3 rings (SSSR count). The number of esters is 1. The van der Waals surface area contributed by atoms with E-state index >= 15 is 0 Å². The number of carbonyl (C=O) groups is 3. The zero-order valence-electron chi connectivity index (χ0n) is 28.5. The Hall–Kier alpha value is -2.37. The second-order valence-electron chi connectivity index (χ2n) is 14.4. The number of imide groups is 1. The van der Waals surface area contributed by atoms with Crippen molar-refractivity contribution in [1.29, 1.82) is 0 Å². The third-order valence-electron chi connectivity index (χ3n) is 9.97. The highest BCUT2D eigenvalue weighted by Gasteiger charge is 2.35. The summed E-state index contributed by atoms with van der Waals surface area (Å²) in [6.07, 6.45) is 14.4. The monoisotopic (exact) mass is 597 g/mol. The number of fused-ring (bicyclic) bond motifs is 1. The fourth-order valence-corrected chi connectivity index (χ4v) is 6.83. The maximum Gasteiger partial charge on any atom is 0.311 e. The van der Waals surface area contributed by atoms with Gasteiger partial charge in [-0.3, -0.25) is 19.3 Å². The van der Waals surface area contributed by atoms with E-state index in [0.717, 1.165) is 65.0 Å². The van der Waals surface area contributed by atoms with Crippen molar-refractivity contribution in [2.75, 3.05) is 6.54 Å². The van der Waals surface area contributed by atoms with E-state index in [2.05, 4.69) is 34.6 Å². The van der Waals surface area contributed by atoms with Crippen LogP contribution >= 0.6 is 0 Å². The highest BCUT2D eigenvalue weighted by atomic mass is 16.5. The van der Waals surface area contributed by atoms with Crippen molar-refractivity contribution in [3.05, 3.63) is 22.3 Å². The Bertz CT molecular complexity index is 1120. The molecule has 1 aromatic carbocycles. The molecule has 0 radical (unpaired) electrons. The summed E-state index contributed by atoms with van der Waals surface area (Å²) in [7, 11) is 0. The molecule has 6 nitrogen and oxygen atoms in total. The van der Waals surface area contributed by atoms with Gasteiger partial charge in [0.2, 0.25) is 11.8 Å².